The van der Waals surface area contributed by atoms with Crippen LogP contribution in [0.1, 0.15) is 13.3 Å². The molecule has 1 aliphatic heterocycles. The van der Waals surface area contributed by atoms with Crippen molar-refractivity contribution in [2.75, 3.05) is 26.4 Å². The van der Waals surface area contributed by atoms with Gasteiger partial charge in [-0.2, -0.15) is 0 Å². The maximum Gasteiger partial charge on any atom is 0.0830 e. The summed E-state index contributed by atoms with van der Waals surface area (Å²) >= 11 is 0. The molecular weight excluding hydrogens is 142 g/mol. The molecule has 66 valence electrons. The van der Waals surface area contributed by atoms with Crippen LogP contribution in [0.15, 0.2) is 0 Å². The van der Waals surface area contributed by atoms with E-state index in [2.05, 4.69) is 6.92 Å². The first kappa shape index (κ1) is 8.97. The van der Waals surface area contributed by atoms with Crippen molar-refractivity contribution in [2.24, 2.45) is 11.7 Å². The zero-order valence-electron chi connectivity index (χ0n) is 7.08. The molecule has 0 aromatic heterocycles. The van der Waals surface area contributed by atoms with Crippen molar-refractivity contribution in [2.45, 2.75) is 19.4 Å². The van der Waals surface area contributed by atoms with Gasteiger partial charge in [0.1, 0.15) is 0 Å². The maximum absolute atomic E-state index is 5.55. The fourth-order valence-corrected chi connectivity index (χ4v) is 1.01. The topological polar surface area (TPSA) is 44.5 Å². The highest BCUT2D eigenvalue weighted by Gasteiger charge is 2.16. The van der Waals surface area contributed by atoms with E-state index in [4.69, 9.17) is 15.2 Å². The smallest absolute Gasteiger partial charge is 0.0830 e. The minimum Gasteiger partial charge on any atom is -0.379 e. The van der Waals surface area contributed by atoms with Gasteiger partial charge >= 0.3 is 0 Å². The van der Waals surface area contributed by atoms with Gasteiger partial charge in [0.15, 0.2) is 0 Å². The molecule has 0 spiro atoms. The predicted octanol–water partition coefficient (Wildman–Crippen LogP) is 0.387. The maximum atomic E-state index is 5.55. The van der Waals surface area contributed by atoms with Gasteiger partial charge < -0.3 is 15.2 Å². The zero-order chi connectivity index (χ0) is 8.10. The quantitative estimate of drug-likeness (QED) is 0.645. The number of nitrogens with two attached hydrogens (primary N) is 1. The van der Waals surface area contributed by atoms with E-state index in [9.17, 15) is 0 Å². The Hall–Kier alpha value is -0.120. The SMILES string of the molecule is C[C@@H](CN)CO[C@H]1CCOC1. The summed E-state index contributed by atoms with van der Waals surface area (Å²) in [4.78, 5) is 0. The molecule has 1 saturated heterocycles. The molecule has 0 aromatic carbocycles. The molecule has 0 unspecified atom stereocenters. The highest BCUT2D eigenvalue weighted by Crippen LogP contribution is 2.09. The van der Waals surface area contributed by atoms with E-state index < -0.39 is 0 Å². The monoisotopic (exact) mass is 159 g/mol. The average molecular weight is 159 g/mol. The van der Waals surface area contributed by atoms with Crippen LogP contribution in [0.4, 0.5) is 0 Å². The van der Waals surface area contributed by atoms with Crippen LogP contribution >= 0.6 is 0 Å². The fourth-order valence-electron chi connectivity index (χ4n) is 1.01. The first-order valence-corrected chi connectivity index (χ1v) is 4.22. The largest absolute Gasteiger partial charge is 0.379 e. The van der Waals surface area contributed by atoms with Crippen LogP contribution in [-0.4, -0.2) is 32.5 Å². The molecule has 1 heterocycles. The van der Waals surface area contributed by atoms with E-state index in [1.807, 2.05) is 0 Å². The molecule has 2 N–H and O–H groups in total. The van der Waals surface area contributed by atoms with Crippen LogP contribution in [0.25, 0.3) is 0 Å². The fraction of sp³-hybridized carbons (Fsp3) is 1.00. The van der Waals surface area contributed by atoms with Crippen molar-refractivity contribution < 1.29 is 9.47 Å². The highest BCUT2D eigenvalue weighted by molar-refractivity contribution is 4.63. The summed E-state index contributed by atoms with van der Waals surface area (Å²) in [7, 11) is 0. The summed E-state index contributed by atoms with van der Waals surface area (Å²) in [6.07, 6.45) is 1.36. The Balaban J connectivity index is 2.01. The second-order valence-electron chi connectivity index (χ2n) is 3.16. The van der Waals surface area contributed by atoms with E-state index in [-0.39, 0.29) is 0 Å². The summed E-state index contributed by atoms with van der Waals surface area (Å²) in [5, 5.41) is 0. The molecule has 3 nitrogen and oxygen atoms in total. The van der Waals surface area contributed by atoms with Crippen molar-refractivity contribution in [3.05, 3.63) is 0 Å². The molecule has 1 fully saturated rings. The van der Waals surface area contributed by atoms with Gasteiger partial charge in [-0.1, -0.05) is 6.92 Å². The Morgan fingerprint density at radius 2 is 2.55 bits per heavy atom. The van der Waals surface area contributed by atoms with E-state index >= 15 is 0 Å². The van der Waals surface area contributed by atoms with Gasteiger partial charge in [-0.25, -0.2) is 0 Å². The van der Waals surface area contributed by atoms with Gasteiger partial charge in [0.2, 0.25) is 0 Å². The van der Waals surface area contributed by atoms with Crippen molar-refractivity contribution in [1.29, 1.82) is 0 Å². The van der Waals surface area contributed by atoms with E-state index in [0.29, 0.717) is 18.6 Å². The number of hydrogen-bond acceptors (Lipinski definition) is 3. The third kappa shape index (κ3) is 3.18. The molecule has 0 bridgehead atoms. The Morgan fingerprint density at radius 3 is 3.09 bits per heavy atom. The molecule has 1 aliphatic rings. The summed E-state index contributed by atoms with van der Waals surface area (Å²) in [6.45, 7) is 5.17. The van der Waals surface area contributed by atoms with Crippen LogP contribution < -0.4 is 5.73 Å². The first-order chi connectivity index (χ1) is 5.33. The molecular formula is C8H17NO2. The van der Waals surface area contributed by atoms with E-state index in [0.717, 1.165) is 26.2 Å². The lowest BCUT2D eigenvalue weighted by molar-refractivity contribution is 0.0265. The third-order valence-electron chi connectivity index (χ3n) is 1.91. The lowest BCUT2D eigenvalue weighted by Gasteiger charge is -2.13. The number of rotatable bonds is 4. The van der Waals surface area contributed by atoms with E-state index in [1.165, 1.54) is 0 Å². The van der Waals surface area contributed by atoms with E-state index in [1.54, 1.807) is 0 Å². The Kier molecular flexibility index (Phi) is 3.83. The predicted molar refractivity (Wildman–Crippen MR) is 43.4 cm³/mol. The lowest BCUT2D eigenvalue weighted by Crippen LogP contribution is -2.21. The first-order valence-electron chi connectivity index (χ1n) is 4.22. The second kappa shape index (κ2) is 4.70. The van der Waals surface area contributed by atoms with Crippen LogP contribution in [0.2, 0.25) is 0 Å². The number of hydrogen-bond donors (Lipinski definition) is 1. The summed E-state index contributed by atoms with van der Waals surface area (Å²) in [5.41, 5.74) is 5.45. The molecule has 11 heavy (non-hydrogen) atoms. The summed E-state index contributed by atoms with van der Waals surface area (Å²) < 4.78 is 10.7. The lowest BCUT2D eigenvalue weighted by atomic mass is 10.2. The summed E-state index contributed by atoms with van der Waals surface area (Å²) in [6, 6.07) is 0. The normalized spacial score (nSPS) is 27.3. The highest BCUT2D eigenvalue weighted by atomic mass is 16.5. The van der Waals surface area contributed by atoms with Crippen LogP contribution in [0.5, 0.6) is 0 Å². The molecule has 1 rings (SSSR count). The van der Waals surface area contributed by atoms with Crippen molar-refractivity contribution in [3.8, 4) is 0 Å². The average Bonchev–Trinajstić information content (AvgIpc) is 2.52. The van der Waals surface area contributed by atoms with Gasteiger partial charge in [0.05, 0.1) is 19.3 Å². The van der Waals surface area contributed by atoms with Crippen LogP contribution in [0, 0.1) is 5.92 Å². The van der Waals surface area contributed by atoms with Gasteiger partial charge in [0, 0.05) is 6.61 Å². The van der Waals surface area contributed by atoms with Gasteiger partial charge in [-0.15, -0.1) is 0 Å². The minimum atomic E-state index is 0.323. The van der Waals surface area contributed by atoms with Crippen LogP contribution in [-0.2, 0) is 9.47 Å². The van der Waals surface area contributed by atoms with Gasteiger partial charge in [0.25, 0.3) is 0 Å². The van der Waals surface area contributed by atoms with Gasteiger partial charge in [-0.3, -0.25) is 0 Å². The minimum absolute atomic E-state index is 0.323. The van der Waals surface area contributed by atoms with Crippen molar-refractivity contribution >= 4 is 0 Å². The molecule has 2 atom stereocenters. The number of ether oxygens (including phenoxy) is 2. The molecule has 0 aromatic rings. The van der Waals surface area contributed by atoms with Crippen molar-refractivity contribution in [3.63, 3.8) is 0 Å². The molecule has 0 amide bonds. The Morgan fingerprint density at radius 1 is 1.73 bits per heavy atom. The standard InChI is InChI=1S/C8H17NO2/c1-7(4-9)5-11-8-2-3-10-6-8/h7-8H,2-6,9H2,1H3/t7-,8-/m0/s1. The van der Waals surface area contributed by atoms with Crippen molar-refractivity contribution in [1.82, 2.24) is 0 Å². The Bertz CT molecular complexity index is 102. The molecule has 0 saturated carbocycles. The zero-order valence-corrected chi connectivity index (χ0v) is 7.08. The molecule has 3 heteroatoms. The summed E-state index contributed by atoms with van der Waals surface area (Å²) in [5.74, 6) is 0.468. The van der Waals surface area contributed by atoms with Gasteiger partial charge in [-0.05, 0) is 18.9 Å². The van der Waals surface area contributed by atoms with Crippen LogP contribution in [0.3, 0.4) is 0 Å². The third-order valence-corrected chi connectivity index (χ3v) is 1.91. The molecule has 0 aliphatic carbocycles. The second-order valence-corrected chi connectivity index (χ2v) is 3.16. The molecule has 0 radical (unpaired) electrons. The Labute approximate surface area is 67.9 Å².